The van der Waals surface area contributed by atoms with Gasteiger partial charge in [-0.25, -0.2) is 0 Å². The van der Waals surface area contributed by atoms with Crippen LogP contribution in [0.1, 0.15) is 58.8 Å². The van der Waals surface area contributed by atoms with Gasteiger partial charge in [0.05, 0.1) is 6.61 Å². The number of unbranched alkanes of at least 4 members (excludes halogenated alkanes) is 5. The third kappa shape index (κ3) is 4.29. The van der Waals surface area contributed by atoms with Crippen molar-refractivity contribution in [3.05, 3.63) is 0 Å². The molecule has 136 valence electrons. The van der Waals surface area contributed by atoms with E-state index in [1.165, 1.54) is 6.92 Å². The van der Waals surface area contributed by atoms with Crippen molar-refractivity contribution in [3.63, 3.8) is 0 Å². The van der Waals surface area contributed by atoms with E-state index in [4.69, 9.17) is 15.6 Å². The summed E-state index contributed by atoms with van der Waals surface area (Å²) in [7, 11) is 0. The Balaban J connectivity index is 2.68. The van der Waals surface area contributed by atoms with Crippen LogP contribution in [0.5, 0.6) is 0 Å². The van der Waals surface area contributed by atoms with Crippen LogP contribution in [0.4, 0.5) is 0 Å². The van der Waals surface area contributed by atoms with Crippen molar-refractivity contribution in [2.75, 3.05) is 6.61 Å². The molecule has 0 aromatic carbocycles. The maximum Gasteiger partial charge on any atom is 0.191 e. The molecule has 7 heteroatoms. The van der Waals surface area contributed by atoms with E-state index >= 15 is 0 Å². The van der Waals surface area contributed by atoms with E-state index in [9.17, 15) is 20.1 Å². The number of hydrogen-bond acceptors (Lipinski definition) is 7. The lowest BCUT2D eigenvalue weighted by molar-refractivity contribution is -0.325. The summed E-state index contributed by atoms with van der Waals surface area (Å²) >= 11 is 0. The number of rotatable bonds is 9. The molecular formula is C16H31NO6. The first kappa shape index (κ1) is 20.5. The highest BCUT2D eigenvalue weighted by Crippen LogP contribution is 2.36. The first-order valence-corrected chi connectivity index (χ1v) is 8.41. The number of carbonyl (C=O) groups is 1. The highest BCUT2D eigenvalue weighted by molar-refractivity contribution is 5.90. The first-order valence-electron chi connectivity index (χ1n) is 8.41. The van der Waals surface area contributed by atoms with Crippen LogP contribution in [-0.4, -0.2) is 62.5 Å². The summed E-state index contributed by atoms with van der Waals surface area (Å²) in [5, 5.41) is 39.7. The Kier molecular flexibility index (Phi) is 7.57. The maximum absolute atomic E-state index is 12.5. The Morgan fingerprint density at radius 2 is 1.74 bits per heavy atom. The summed E-state index contributed by atoms with van der Waals surface area (Å²) in [6, 6.07) is 0. The van der Waals surface area contributed by atoms with Gasteiger partial charge in [0.1, 0.15) is 18.3 Å². The topological polar surface area (TPSA) is 133 Å². The molecule has 0 spiro atoms. The van der Waals surface area contributed by atoms with Crippen molar-refractivity contribution >= 4 is 5.78 Å². The van der Waals surface area contributed by atoms with Gasteiger partial charge in [0.15, 0.2) is 17.1 Å². The number of nitrogens with two attached hydrogens (primary N) is 1. The summed E-state index contributed by atoms with van der Waals surface area (Å²) in [5.41, 5.74) is 3.85. The number of aliphatic hydroxyl groups excluding tert-OH is 3. The van der Waals surface area contributed by atoms with Gasteiger partial charge in [-0.05, 0) is 13.3 Å². The molecule has 0 aromatic rings. The molecule has 23 heavy (non-hydrogen) atoms. The molecule has 0 aliphatic carbocycles. The lowest BCUT2D eigenvalue weighted by Crippen LogP contribution is -2.79. The van der Waals surface area contributed by atoms with E-state index in [1.54, 1.807) is 0 Å². The van der Waals surface area contributed by atoms with Crippen molar-refractivity contribution in [1.82, 2.24) is 0 Å². The van der Waals surface area contributed by atoms with Gasteiger partial charge in [-0.1, -0.05) is 39.0 Å². The molecular weight excluding hydrogens is 302 g/mol. The smallest absolute Gasteiger partial charge is 0.191 e. The van der Waals surface area contributed by atoms with Crippen molar-refractivity contribution < 1.29 is 30.0 Å². The predicted octanol–water partition coefficient (Wildman–Crippen LogP) is -0.175. The summed E-state index contributed by atoms with van der Waals surface area (Å²) in [4.78, 5) is 12.5. The first-order chi connectivity index (χ1) is 10.7. The molecule has 1 rings (SSSR count). The molecule has 7 nitrogen and oxygen atoms in total. The average Bonchev–Trinajstić information content (AvgIpc) is 2.52. The van der Waals surface area contributed by atoms with E-state index in [1.807, 2.05) is 0 Å². The normalized spacial score (nSPS) is 37.8. The molecule has 0 amide bonds. The fourth-order valence-electron chi connectivity index (χ4n) is 3.05. The Bertz CT molecular complexity index is 389. The second kappa shape index (κ2) is 8.50. The number of aliphatic hydroxyl groups is 4. The lowest BCUT2D eigenvalue weighted by atomic mass is 9.74. The zero-order valence-electron chi connectivity index (χ0n) is 14.1. The van der Waals surface area contributed by atoms with Gasteiger partial charge in [0.2, 0.25) is 0 Å². The number of hydrogen-bond donors (Lipinski definition) is 5. The van der Waals surface area contributed by atoms with Crippen LogP contribution >= 0.6 is 0 Å². The van der Waals surface area contributed by atoms with Gasteiger partial charge in [0, 0.05) is 6.42 Å². The van der Waals surface area contributed by atoms with Gasteiger partial charge >= 0.3 is 0 Å². The van der Waals surface area contributed by atoms with Gasteiger partial charge in [0.25, 0.3) is 0 Å². The number of carbonyl (C=O) groups excluding carboxylic acids is 1. The third-order valence-corrected chi connectivity index (χ3v) is 4.72. The zero-order valence-corrected chi connectivity index (χ0v) is 14.1. The molecule has 1 fully saturated rings. The molecule has 1 aliphatic heterocycles. The van der Waals surface area contributed by atoms with Crippen LogP contribution in [0.3, 0.4) is 0 Å². The van der Waals surface area contributed by atoms with Gasteiger partial charge < -0.3 is 30.9 Å². The molecule has 1 aliphatic rings. The highest BCUT2D eigenvalue weighted by atomic mass is 16.6. The van der Waals surface area contributed by atoms with E-state index in [-0.39, 0.29) is 6.42 Å². The summed E-state index contributed by atoms with van der Waals surface area (Å²) in [6.07, 6.45) is 1.53. The second-order valence-corrected chi connectivity index (χ2v) is 6.57. The molecule has 0 aromatic heterocycles. The van der Waals surface area contributed by atoms with Crippen LogP contribution in [0.2, 0.25) is 0 Å². The molecule has 5 atom stereocenters. The SMILES string of the molecule is CCCCCCCCC(=O)[C@@]1(N)[C@@H](O)[C@H](O)[C@@H](CO)OC1(C)O. The maximum atomic E-state index is 12.5. The van der Waals surface area contributed by atoms with Crippen LogP contribution in [0.25, 0.3) is 0 Å². The van der Waals surface area contributed by atoms with Gasteiger partial charge in [-0.3, -0.25) is 4.79 Å². The Morgan fingerprint density at radius 3 is 2.30 bits per heavy atom. The zero-order chi connectivity index (χ0) is 17.7. The standard InChI is InChI=1S/C16H31NO6/c1-3-4-5-6-7-8-9-12(19)16(17)14(21)13(20)11(10-18)23-15(16,2)22/h11,13-14,18,20-22H,3-10,17H2,1-2H3/t11-,13-,14+,15?,16-/m1/s1. The van der Waals surface area contributed by atoms with Crippen LogP contribution < -0.4 is 5.73 Å². The van der Waals surface area contributed by atoms with Crippen LogP contribution in [0.15, 0.2) is 0 Å². The minimum absolute atomic E-state index is 0.0930. The molecule has 0 radical (unpaired) electrons. The summed E-state index contributed by atoms with van der Waals surface area (Å²) in [6.45, 7) is 2.69. The minimum atomic E-state index is -2.17. The van der Waals surface area contributed by atoms with Crippen LogP contribution in [-0.2, 0) is 9.53 Å². The largest absolute Gasteiger partial charge is 0.394 e. The highest BCUT2D eigenvalue weighted by Gasteiger charge is 2.63. The van der Waals surface area contributed by atoms with Gasteiger partial charge in [-0.2, -0.15) is 0 Å². The van der Waals surface area contributed by atoms with E-state index in [0.717, 1.165) is 32.1 Å². The average molecular weight is 333 g/mol. The third-order valence-electron chi connectivity index (χ3n) is 4.72. The van der Waals surface area contributed by atoms with Crippen molar-refractivity contribution in [2.45, 2.75) is 88.4 Å². The quantitative estimate of drug-likeness (QED) is 0.370. The molecule has 6 N–H and O–H groups in total. The number of ketones is 1. The summed E-state index contributed by atoms with van der Waals surface area (Å²) in [5.74, 6) is -2.72. The molecule has 0 bridgehead atoms. The Hall–Kier alpha value is -0.570. The monoisotopic (exact) mass is 333 g/mol. The Morgan fingerprint density at radius 1 is 1.17 bits per heavy atom. The molecule has 1 unspecified atom stereocenters. The van der Waals surface area contributed by atoms with Gasteiger partial charge in [-0.15, -0.1) is 0 Å². The predicted molar refractivity (Wildman–Crippen MR) is 84.5 cm³/mol. The lowest BCUT2D eigenvalue weighted by Gasteiger charge is -2.51. The van der Waals surface area contributed by atoms with E-state index < -0.39 is 42.0 Å². The number of Topliss-reactive ketones (excluding diaryl/α,β-unsaturated/α-hetero) is 1. The number of ether oxygens (including phenoxy) is 1. The van der Waals surface area contributed by atoms with Crippen molar-refractivity contribution in [1.29, 1.82) is 0 Å². The fraction of sp³-hybridized carbons (Fsp3) is 0.938. The minimum Gasteiger partial charge on any atom is -0.394 e. The van der Waals surface area contributed by atoms with Crippen molar-refractivity contribution in [3.8, 4) is 0 Å². The molecule has 1 heterocycles. The fourth-order valence-corrected chi connectivity index (χ4v) is 3.05. The van der Waals surface area contributed by atoms with Crippen molar-refractivity contribution in [2.24, 2.45) is 5.73 Å². The molecule has 0 saturated carbocycles. The Labute approximate surface area is 137 Å². The summed E-state index contributed by atoms with van der Waals surface area (Å²) < 4.78 is 5.15. The van der Waals surface area contributed by atoms with Crippen LogP contribution in [0, 0.1) is 0 Å². The molecule has 1 saturated heterocycles. The van der Waals surface area contributed by atoms with E-state index in [2.05, 4.69) is 6.92 Å². The van der Waals surface area contributed by atoms with E-state index in [0.29, 0.717) is 6.42 Å². The second-order valence-electron chi connectivity index (χ2n) is 6.57.